The second-order valence-corrected chi connectivity index (χ2v) is 8.23. The Balaban J connectivity index is 1.64. The highest BCUT2D eigenvalue weighted by atomic mass is 35.5. The van der Waals surface area contributed by atoms with Gasteiger partial charge >= 0.3 is 0 Å². The van der Waals surface area contributed by atoms with E-state index in [1.165, 1.54) is 23.0 Å². The number of rotatable bonds is 6. The molecule has 4 rings (SSSR count). The SMILES string of the molecule is CCN(CC)C(=O)c1ccc(Nc2ncc3nc(-c4ncc(Cl)cc4Cl)c(=O)n(C)c3n2)cc1. The molecule has 3 aromatic heterocycles. The molecule has 1 N–H and O–H groups in total. The number of anilines is 2. The summed E-state index contributed by atoms with van der Waals surface area (Å²) in [5.74, 6) is 0.258. The van der Waals surface area contributed by atoms with Gasteiger partial charge in [0.05, 0.1) is 16.2 Å². The number of carbonyl (C=O) groups excluding carboxylic acids is 1. The van der Waals surface area contributed by atoms with E-state index in [0.29, 0.717) is 40.5 Å². The molecule has 34 heavy (non-hydrogen) atoms. The lowest BCUT2D eigenvalue weighted by atomic mass is 10.2. The molecular weight excluding hydrogens is 477 g/mol. The van der Waals surface area contributed by atoms with E-state index in [2.05, 4.69) is 25.3 Å². The van der Waals surface area contributed by atoms with E-state index in [1.54, 1.807) is 36.2 Å². The van der Waals surface area contributed by atoms with Crippen molar-refractivity contribution in [3.05, 3.63) is 68.7 Å². The van der Waals surface area contributed by atoms with Gasteiger partial charge in [-0.15, -0.1) is 0 Å². The second-order valence-electron chi connectivity index (χ2n) is 7.39. The third kappa shape index (κ3) is 4.57. The summed E-state index contributed by atoms with van der Waals surface area (Å²) in [4.78, 5) is 44.5. The highest BCUT2D eigenvalue weighted by Gasteiger charge is 2.17. The van der Waals surface area contributed by atoms with Gasteiger partial charge in [0.2, 0.25) is 5.95 Å². The summed E-state index contributed by atoms with van der Waals surface area (Å²) in [6.07, 6.45) is 2.91. The van der Waals surface area contributed by atoms with Crippen LogP contribution in [-0.2, 0) is 7.05 Å². The Kier molecular flexibility index (Phi) is 6.76. The number of fused-ring (bicyclic) bond motifs is 1. The Hall–Kier alpha value is -3.56. The van der Waals surface area contributed by atoms with E-state index < -0.39 is 5.56 Å². The van der Waals surface area contributed by atoms with Crippen LogP contribution in [0.1, 0.15) is 24.2 Å². The number of hydrogen-bond acceptors (Lipinski definition) is 7. The number of pyridine rings is 1. The highest BCUT2D eigenvalue weighted by Crippen LogP contribution is 2.26. The lowest BCUT2D eigenvalue weighted by Crippen LogP contribution is -2.30. The van der Waals surface area contributed by atoms with Crippen LogP contribution in [0, 0.1) is 0 Å². The van der Waals surface area contributed by atoms with Gasteiger partial charge < -0.3 is 10.2 Å². The smallest absolute Gasteiger partial charge is 0.280 e. The van der Waals surface area contributed by atoms with Crippen LogP contribution >= 0.6 is 23.2 Å². The topological polar surface area (TPSA) is 106 Å². The average molecular weight is 498 g/mol. The van der Waals surface area contributed by atoms with E-state index in [0.717, 1.165) is 0 Å². The molecule has 4 aromatic rings. The Bertz CT molecular complexity index is 1430. The number of aryl methyl sites for hydroxylation is 1. The summed E-state index contributed by atoms with van der Waals surface area (Å²) in [6, 6.07) is 8.55. The van der Waals surface area contributed by atoms with Crippen molar-refractivity contribution in [1.29, 1.82) is 0 Å². The molecule has 1 aromatic carbocycles. The molecule has 9 nitrogen and oxygen atoms in total. The van der Waals surface area contributed by atoms with Gasteiger partial charge in [0.1, 0.15) is 11.2 Å². The number of amides is 1. The molecule has 0 fully saturated rings. The first-order valence-corrected chi connectivity index (χ1v) is 11.3. The predicted octanol–water partition coefficient (Wildman–Crippen LogP) is 4.32. The minimum Gasteiger partial charge on any atom is -0.339 e. The Morgan fingerprint density at radius 3 is 2.38 bits per heavy atom. The standard InChI is InChI=1S/C23H21Cl2N7O2/c1-4-32(5-2)21(33)13-6-8-15(9-7-13)28-23-27-12-17-20(30-23)31(3)22(34)19(29-17)18-16(25)10-14(24)11-26-18/h6-12H,4-5H2,1-3H3,(H,27,28,30). The van der Waals surface area contributed by atoms with Crippen molar-refractivity contribution in [1.82, 2.24) is 29.4 Å². The maximum atomic E-state index is 12.9. The minimum absolute atomic E-state index is 0.0225. The van der Waals surface area contributed by atoms with Gasteiger partial charge in [-0.3, -0.25) is 19.1 Å². The van der Waals surface area contributed by atoms with Crippen molar-refractivity contribution in [2.24, 2.45) is 7.05 Å². The van der Waals surface area contributed by atoms with Crippen LogP contribution in [0.15, 0.2) is 47.5 Å². The van der Waals surface area contributed by atoms with Crippen molar-refractivity contribution in [3.8, 4) is 11.4 Å². The maximum Gasteiger partial charge on any atom is 0.280 e. The van der Waals surface area contributed by atoms with Crippen LogP contribution in [-0.4, -0.2) is 48.4 Å². The summed E-state index contributed by atoms with van der Waals surface area (Å²) in [6.45, 7) is 5.18. The summed E-state index contributed by atoms with van der Waals surface area (Å²) in [7, 11) is 1.59. The van der Waals surface area contributed by atoms with Crippen molar-refractivity contribution in [3.63, 3.8) is 0 Å². The molecule has 1 amide bonds. The maximum absolute atomic E-state index is 12.9. The van der Waals surface area contributed by atoms with Crippen molar-refractivity contribution < 1.29 is 4.79 Å². The zero-order chi connectivity index (χ0) is 24.4. The zero-order valence-corrected chi connectivity index (χ0v) is 20.2. The highest BCUT2D eigenvalue weighted by molar-refractivity contribution is 6.36. The molecule has 0 atom stereocenters. The van der Waals surface area contributed by atoms with Crippen LogP contribution in [0.3, 0.4) is 0 Å². The van der Waals surface area contributed by atoms with Gasteiger partial charge in [-0.1, -0.05) is 23.2 Å². The first kappa shape index (κ1) is 23.6. The summed E-state index contributed by atoms with van der Waals surface area (Å²) >= 11 is 12.1. The van der Waals surface area contributed by atoms with Gasteiger partial charge in [0.15, 0.2) is 11.3 Å². The molecule has 174 valence electrons. The Labute approximate surface area is 205 Å². The third-order valence-corrected chi connectivity index (χ3v) is 5.77. The fraction of sp³-hybridized carbons (Fsp3) is 0.217. The largest absolute Gasteiger partial charge is 0.339 e. The van der Waals surface area contributed by atoms with Gasteiger partial charge in [0.25, 0.3) is 11.5 Å². The number of carbonyl (C=O) groups is 1. The van der Waals surface area contributed by atoms with Crippen LogP contribution in [0.4, 0.5) is 11.6 Å². The van der Waals surface area contributed by atoms with Gasteiger partial charge in [-0.05, 0) is 44.2 Å². The fourth-order valence-electron chi connectivity index (χ4n) is 3.44. The van der Waals surface area contributed by atoms with E-state index in [1.807, 2.05) is 13.8 Å². The summed E-state index contributed by atoms with van der Waals surface area (Å²) in [5.41, 5.74) is 1.93. The molecule has 0 saturated heterocycles. The predicted molar refractivity (Wildman–Crippen MR) is 133 cm³/mol. The molecule has 0 aliphatic heterocycles. The molecule has 3 heterocycles. The molecule has 11 heteroatoms. The van der Waals surface area contributed by atoms with E-state index in [4.69, 9.17) is 23.2 Å². The zero-order valence-electron chi connectivity index (χ0n) is 18.7. The van der Waals surface area contributed by atoms with E-state index >= 15 is 0 Å². The lowest BCUT2D eigenvalue weighted by molar-refractivity contribution is 0.0773. The van der Waals surface area contributed by atoms with E-state index in [-0.39, 0.29) is 28.3 Å². The van der Waals surface area contributed by atoms with E-state index in [9.17, 15) is 9.59 Å². The Morgan fingerprint density at radius 1 is 1.03 bits per heavy atom. The molecule has 0 spiro atoms. The molecule has 0 saturated carbocycles. The first-order chi connectivity index (χ1) is 16.3. The number of halogens is 2. The van der Waals surface area contributed by atoms with Gasteiger partial charge in [0, 0.05) is 37.6 Å². The quantitative estimate of drug-likeness (QED) is 0.422. The number of aromatic nitrogens is 5. The summed E-state index contributed by atoms with van der Waals surface area (Å²) in [5, 5.41) is 3.67. The molecule has 0 aliphatic carbocycles. The monoisotopic (exact) mass is 497 g/mol. The molecular formula is C23H21Cl2N7O2. The van der Waals surface area contributed by atoms with Crippen molar-refractivity contribution >= 4 is 51.9 Å². The normalized spacial score (nSPS) is 11.0. The second kappa shape index (κ2) is 9.74. The number of hydrogen-bond donors (Lipinski definition) is 1. The number of benzene rings is 1. The van der Waals surface area contributed by atoms with Gasteiger partial charge in [-0.25, -0.2) is 9.97 Å². The third-order valence-electron chi connectivity index (χ3n) is 5.28. The number of nitrogens with one attached hydrogen (secondary N) is 1. The molecule has 0 unspecified atom stereocenters. The van der Waals surface area contributed by atoms with Crippen LogP contribution in [0.5, 0.6) is 0 Å². The lowest BCUT2D eigenvalue weighted by Gasteiger charge is -2.18. The molecule has 0 aliphatic rings. The first-order valence-electron chi connectivity index (χ1n) is 10.5. The molecule has 0 radical (unpaired) electrons. The van der Waals surface area contributed by atoms with Crippen molar-refractivity contribution in [2.45, 2.75) is 13.8 Å². The van der Waals surface area contributed by atoms with Crippen LogP contribution in [0.2, 0.25) is 10.0 Å². The van der Waals surface area contributed by atoms with Gasteiger partial charge in [-0.2, -0.15) is 4.98 Å². The van der Waals surface area contributed by atoms with Crippen molar-refractivity contribution in [2.75, 3.05) is 18.4 Å². The van der Waals surface area contributed by atoms with Crippen LogP contribution < -0.4 is 10.9 Å². The summed E-state index contributed by atoms with van der Waals surface area (Å²) < 4.78 is 1.36. The minimum atomic E-state index is -0.409. The van der Waals surface area contributed by atoms with Crippen LogP contribution in [0.25, 0.3) is 22.6 Å². The fourth-order valence-corrected chi connectivity index (χ4v) is 3.91. The number of nitrogens with zero attached hydrogens (tertiary/aromatic N) is 6. The average Bonchev–Trinajstić information content (AvgIpc) is 2.83. The molecule has 0 bridgehead atoms. The Morgan fingerprint density at radius 2 is 1.74 bits per heavy atom.